The van der Waals surface area contributed by atoms with Gasteiger partial charge in [0.2, 0.25) is 0 Å². The number of phenolic OH excluding ortho intramolecular Hbond substituents is 1. The summed E-state index contributed by atoms with van der Waals surface area (Å²) in [6, 6.07) is 5.34. The molecule has 0 bridgehead atoms. The van der Waals surface area contributed by atoms with E-state index in [-0.39, 0.29) is 28.5 Å². The van der Waals surface area contributed by atoms with Gasteiger partial charge in [-0.05, 0) is 25.0 Å². The number of ether oxygens (including phenoxy) is 1. The van der Waals surface area contributed by atoms with E-state index >= 15 is 0 Å². The molecule has 1 aliphatic heterocycles. The van der Waals surface area contributed by atoms with Crippen LogP contribution in [0.4, 0.5) is 5.82 Å². The van der Waals surface area contributed by atoms with Gasteiger partial charge < -0.3 is 25.8 Å². The van der Waals surface area contributed by atoms with Gasteiger partial charge in [0.05, 0.1) is 30.4 Å². The van der Waals surface area contributed by atoms with Crippen LogP contribution in [0, 0.1) is 0 Å². The number of imidazole rings is 1. The molecule has 46 heavy (non-hydrogen) atoms. The van der Waals surface area contributed by atoms with E-state index in [9.17, 15) is 28.5 Å². The van der Waals surface area contributed by atoms with E-state index < -0.39 is 53.1 Å². The molecule has 1 aromatic carbocycles. The maximum absolute atomic E-state index is 12.4. The lowest BCUT2D eigenvalue weighted by molar-refractivity contribution is -0.0468. The zero-order chi connectivity index (χ0) is 32.8. The number of hydrogen-bond acceptors (Lipinski definition) is 14. The Kier molecular flexibility index (Phi) is 10.4. The summed E-state index contributed by atoms with van der Waals surface area (Å²) in [6.45, 7) is 1.44. The molecule has 3 aromatic heterocycles. The Bertz CT molecular complexity index is 1760. The van der Waals surface area contributed by atoms with Gasteiger partial charge in [-0.2, -0.15) is 23.1 Å². The number of carbonyl (C=O) groups is 1. The molecule has 1 amide bonds. The first kappa shape index (κ1) is 33.1. The quantitative estimate of drug-likeness (QED) is 0.113. The van der Waals surface area contributed by atoms with Gasteiger partial charge in [-0.15, -0.1) is 5.10 Å². The molecular formula is C28H37N9O8S. The molecule has 18 heteroatoms. The molecule has 0 aliphatic carbocycles. The maximum atomic E-state index is 12.4. The van der Waals surface area contributed by atoms with Gasteiger partial charge in [-0.1, -0.05) is 62.8 Å². The van der Waals surface area contributed by atoms with Crippen molar-refractivity contribution in [1.82, 2.24) is 39.2 Å². The average molecular weight is 660 g/mol. The van der Waals surface area contributed by atoms with Gasteiger partial charge in [-0.25, -0.2) is 9.71 Å². The zero-order valence-corrected chi connectivity index (χ0v) is 26.0. The third kappa shape index (κ3) is 7.59. The molecule has 248 valence electrons. The first-order valence-electron chi connectivity index (χ1n) is 15.0. The van der Waals surface area contributed by atoms with E-state index in [4.69, 9.17) is 14.7 Å². The van der Waals surface area contributed by atoms with E-state index in [1.165, 1.54) is 71.9 Å². The van der Waals surface area contributed by atoms with Crippen molar-refractivity contribution in [2.24, 2.45) is 0 Å². The second kappa shape index (κ2) is 14.5. The number of amides is 1. The number of phenols is 1. The summed E-state index contributed by atoms with van der Waals surface area (Å²) in [7, 11) is -4.69. The highest BCUT2D eigenvalue weighted by atomic mass is 32.2. The maximum Gasteiger partial charge on any atom is 0.362 e. The van der Waals surface area contributed by atoms with Crippen LogP contribution in [0.3, 0.4) is 0 Å². The third-order valence-corrected chi connectivity index (χ3v) is 8.47. The van der Waals surface area contributed by atoms with E-state index in [0.717, 1.165) is 25.0 Å². The largest absolute Gasteiger partial charge is 0.507 e. The lowest BCUT2D eigenvalue weighted by Gasteiger charge is -2.16. The number of anilines is 1. The predicted molar refractivity (Wildman–Crippen MR) is 163 cm³/mol. The topological polar surface area (TPSA) is 243 Å². The molecule has 4 heterocycles. The number of fused-ring (bicyclic) bond motifs is 1. The number of aromatic nitrogens is 7. The van der Waals surface area contributed by atoms with Gasteiger partial charge in [0.25, 0.3) is 11.9 Å². The van der Waals surface area contributed by atoms with Crippen molar-refractivity contribution in [2.75, 3.05) is 12.3 Å². The summed E-state index contributed by atoms with van der Waals surface area (Å²) in [6.07, 6.45) is 6.23. The second-order valence-corrected chi connectivity index (χ2v) is 12.3. The monoisotopic (exact) mass is 659 g/mol. The number of hydrogen-bond donors (Lipinski definition) is 5. The number of aromatic hydroxyl groups is 1. The van der Waals surface area contributed by atoms with Crippen LogP contribution in [-0.2, 0) is 25.6 Å². The molecule has 6 N–H and O–H groups in total. The highest BCUT2D eigenvalue weighted by Crippen LogP contribution is 2.32. The van der Waals surface area contributed by atoms with Crippen LogP contribution in [0.5, 0.6) is 5.75 Å². The molecule has 1 aliphatic rings. The van der Waals surface area contributed by atoms with Crippen LogP contribution in [0.1, 0.15) is 74.1 Å². The highest BCUT2D eigenvalue weighted by molar-refractivity contribution is 7.85. The fourth-order valence-electron chi connectivity index (χ4n) is 5.11. The Morgan fingerprint density at radius 1 is 1.09 bits per heavy atom. The zero-order valence-electron chi connectivity index (χ0n) is 25.1. The Hall–Kier alpha value is -4.23. The number of aryl methyl sites for hydroxylation is 1. The van der Waals surface area contributed by atoms with E-state index in [2.05, 4.69) is 32.2 Å². The number of nitrogens with zero attached hydrogens (tertiary/aromatic N) is 7. The normalized spacial score (nSPS) is 20.0. The minimum absolute atomic E-state index is 0.0297. The minimum atomic E-state index is -4.69. The van der Waals surface area contributed by atoms with Crippen LogP contribution >= 0.6 is 0 Å². The van der Waals surface area contributed by atoms with Gasteiger partial charge in [-0.3, -0.25) is 13.5 Å². The van der Waals surface area contributed by atoms with Crippen molar-refractivity contribution in [3.63, 3.8) is 0 Å². The van der Waals surface area contributed by atoms with Crippen molar-refractivity contribution in [2.45, 2.75) is 82.8 Å². The van der Waals surface area contributed by atoms with Crippen LogP contribution in [0.15, 0.2) is 36.8 Å². The van der Waals surface area contributed by atoms with Crippen LogP contribution in [-0.4, -0.2) is 89.1 Å². The molecule has 0 radical (unpaired) electrons. The van der Waals surface area contributed by atoms with Crippen molar-refractivity contribution >= 4 is 33.2 Å². The second-order valence-electron chi connectivity index (χ2n) is 11.0. The first-order valence-corrected chi connectivity index (χ1v) is 16.4. The van der Waals surface area contributed by atoms with Crippen molar-refractivity contribution < 1.29 is 37.5 Å². The van der Waals surface area contributed by atoms with Crippen LogP contribution in [0.2, 0.25) is 0 Å². The summed E-state index contributed by atoms with van der Waals surface area (Å²) < 4.78 is 39.8. The lowest BCUT2D eigenvalue weighted by Crippen LogP contribution is -2.37. The Balaban J connectivity index is 1.24. The minimum Gasteiger partial charge on any atom is -0.507 e. The molecular weight excluding hydrogens is 622 g/mol. The molecule has 1 saturated heterocycles. The molecule has 4 aromatic rings. The smallest absolute Gasteiger partial charge is 0.362 e. The van der Waals surface area contributed by atoms with Crippen LogP contribution in [0.25, 0.3) is 17.1 Å². The predicted octanol–water partition coefficient (Wildman–Crippen LogP) is 1.30. The summed E-state index contributed by atoms with van der Waals surface area (Å²) in [4.78, 5) is 25.3. The number of aliphatic hydroxyl groups excluding tert-OH is 2. The SMILES string of the molecule is CCCCCCCCCc1cn(-c2nc(N)c3ncn([C@@H]4O[C@H](COS(=O)(=O)NC(=O)c5ccccc5O)[C@@H](O)[C@H]4O)c3n2)nn1. The van der Waals surface area contributed by atoms with E-state index in [1.54, 1.807) is 10.9 Å². The fraction of sp³-hybridized carbons (Fsp3) is 0.500. The lowest BCUT2D eigenvalue weighted by atomic mass is 10.1. The number of aliphatic hydroxyl groups is 2. The van der Waals surface area contributed by atoms with Gasteiger partial charge in [0.1, 0.15) is 29.6 Å². The van der Waals surface area contributed by atoms with Crippen molar-refractivity contribution in [3.05, 3.63) is 48.0 Å². The molecule has 4 atom stereocenters. The summed E-state index contributed by atoms with van der Waals surface area (Å²) >= 11 is 0. The Morgan fingerprint density at radius 2 is 1.83 bits per heavy atom. The number of nitrogens with two attached hydrogens (primary N) is 1. The Labute approximate surface area is 264 Å². The number of benzene rings is 1. The van der Waals surface area contributed by atoms with Crippen molar-refractivity contribution in [3.8, 4) is 11.7 Å². The first-order chi connectivity index (χ1) is 22.1. The molecule has 0 unspecified atom stereocenters. The molecule has 17 nitrogen and oxygen atoms in total. The number of carbonyl (C=O) groups excluding carboxylic acids is 1. The number of unbranched alkanes of at least 4 members (excludes halogenated alkanes) is 6. The van der Waals surface area contributed by atoms with Gasteiger partial charge in [0, 0.05) is 0 Å². The van der Waals surface area contributed by atoms with Crippen LogP contribution < -0.4 is 10.5 Å². The third-order valence-electron chi connectivity index (χ3n) is 7.58. The number of para-hydroxylation sites is 1. The number of nitrogen functional groups attached to an aromatic ring is 1. The van der Waals surface area contributed by atoms with Crippen molar-refractivity contribution in [1.29, 1.82) is 0 Å². The molecule has 0 saturated carbocycles. The molecule has 0 spiro atoms. The van der Waals surface area contributed by atoms with Gasteiger partial charge >= 0.3 is 10.3 Å². The number of nitrogens with one attached hydrogen (secondary N) is 1. The Morgan fingerprint density at radius 3 is 2.59 bits per heavy atom. The van der Waals surface area contributed by atoms with E-state index in [0.29, 0.717) is 0 Å². The summed E-state index contributed by atoms with van der Waals surface area (Å²) in [5, 5.41) is 39.6. The van der Waals surface area contributed by atoms with Gasteiger partial charge in [0.15, 0.2) is 17.7 Å². The fourth-order valence-corrected chi connectivity index (χ4v) is 5.82. The number of rotatable bonds is 15. The highest BCUT2D eigenvalue weighted by Gasteiger charge is 2.45. The summed E-state index contributed by atoms with van der Waals surface area (Å²) in [5.41, 5.74) is 7.01. The standard InChI is InChI=1S/C28H37N9O8S/c1-2-3-4-5-6-7-8-11-17-14-37(35-33-17)28-31-24(29)21-25(32-28)36(16-30-21)27-23(40)22(39)20(45-27)15-44-46(42,43)34-26(41)18-12-9-10-13-19(18)38/h9-10,12-14,16,20,22-23,27,38-40H,2-8,11,15H2,1H3,(H,34,41)(H2,29,31,32)/t20-,22-,23-,27-/m1/s1. The molecule has 1 fully saturated rings. The molecule has 5 rings (SSSR count). The average Bonchev–Trinajstić information content (AvgIpc) is 3.74. The van der Waals surface area contributed by atoms with E-state index in [1.807, 2.05) is 0 Å². The summed E-state index contributed by atoms with van der Waals surface area (Å²) in [5.74, 6) is -1.42.